The van der Waals surface area contributed by atoms with Gasteiger partial charge in [0.15, 0.2) is 17.1 Å². The summed E-state index contributed by atoms with van der Waals surface area (Å²) in [5.74, 6) is -0.916. The van der Waals surface area contributed by atoms with Crippen molar-refractivity contribution >= 4 is 29.3 Å². The van der Waals surface area contributed by atoms with Gasteiger partial charge in [0.2, 0.25) is 17.7 Å². The van der Waals surface area contributed by atoms with Gasteiger partial charge in [-0.3, -0.25) is 4.79 Å². The summed E-state index contributed by atoms with van der Waals surface area (Å²) < 4.78 is 33.0. The van der Waals surface area contributed by atoms with Gasteiger partial charge in [0, 0.05) is 35.9 Å². The average molecular weight is 683 g/mol. The van der Waals surface area contributed by atoms with Gasteiger partial charge in [-0.2, -0.15) is 9.97 Å². The summed E-state index contributed by atoms with van der Waals surface area (Å²) in [6, 6.07) is 18.9. The summed E-state index contributed by atoms with van der Waals surface area (Å²) in [6.07, 6.45) is 5.04. The van der Waals surface area contributed by atoms with E-state index in [1.54, 1.807) is 36.4 Å². The second kappa shape index (κ2) is 16.0. The van der Waals surface area contributed by atoms with Gasteiger partial charge in [-0.1, -0.05) is 49.2 Å². The summed E-state index contributed by atoms with van der Waals surface area (Å²) in [5.41, 5.74) is 2.40. The Hall–Kier alpha value is -5.23. The van der Waals surface area contributed by atoms with E-state index in [9.17, 15) is 9.59 Å². The molecule has 12 heteroatoms. The summed E-state index contributed by atoms with van der Waals surface area (Å²) >= 11 is 0. The molecule has 1 aliphatic carbocycles. The van der Waals surface area contributed by atoms with Crippen molar-refractivity contribution in [3.63, 3.8) is 0 Å². The van der Waals surface area contributed by atoms with Crippen LogP contribution in [0.1, 0.15) is 60.0 Å². The standard InChI is InChI=1S/C38H43FN6O5/c1-24-11-9-12-25(2)33(24)42-34(46)32-35(49-29-16-5-4-6-17-29)43-37(44-36(32)50-38(47)41-27-14-7-8-15-27)40-28-18-19-31(30(39)21-28)48-23-26-13-10-20-45(3)22-26/h4-6,9,11-12,16-19,21,26-27H,7-8,10,13-15,20,22-23H2,1-3H3,(H,41,47)(H,42,46)(H,40,43,44). The highest BCUT2D eigenvalue weighted by Gasteiger charge is 2.29. The minimum absolute atomic E-state index is 0.0448. The second-order valence-electron chi connectivity index (χ2n) is 13.0. The van der Waals surface area contributed by atoms with E-state index in [4.69, 9.17) is 14.2 Å². The molecule has 1 aliphatic heterocycles. The summed E-state index contributed by atoms with van der Waals surface area (Å²) in [7, 11) is 2.08. The highest BCUT2D eigenvalue weighted by atomic mass is 19.1. The first-order chi connectivity index (χ1) is 24.2. The molecule has 11 nitrogen and oxygen atoms in total. The van der Waals surface area contributed by atoms with Crippen LogP contribution in [-0.2, 0) is 0 Å². The number of piperidine rings is 1. The Kier molecular flexibility index (Phi) is 11.1. The number of rotatable bonds is 11. The Bertz CT molecular complexity index is 1800. The first kappa shape index (κ1) is 34.6. The van der Waals surface area contributed by atoms with Gasteiger partial charge in [-0.25, -0.2) is 9.18 Å². The number of para-hydroxylation sites is 2. The third-order valence-corrected chi connectivity index (χ3v) is 9.00. The van der Waals surface area contributed by atoms with Crippen LogP contribution in [0, 0.1) is 25.6 Å². The fraction of sp³-hybridized carbons (Fsp3) is 0.368. The number of nitrogens with zero attached hydrogens (tertiary/aromatic N) is 3. The maximum Gasteiger partial charge on any atom is 0.414 e. The molecule has 4 aromatic rings. The number of benzene rings is 3. The number of halogens is 1. The summed E-state index contributed by atoms with van der Waals surface area (Å²) in [5, 5.41) is 8.78. The molecule has 50 heavy (non-hydrogen) atoms. The molecule has 0 radical (unpaired) electrons. The minimum Gasteiger partial charge on any atom is -0.490 e. The van der Waals surface area contributed by atoms with E-state index < -0.39 is 17.8 Å². The molecule has 262 valence electrons. The Morgan fingerprint density at radius 2 is 1.66 bits per heavy atom. The number of amides is 2. The van der Waals surface area contributed by atoms with Crippen LogP contribution < -0.4 is 30.2 Å². The molecule has 2 fully saturated rings. The van der Waals surface area contributed by atoms with Crippen molar-refractivity contribution < 1.29 is 28.2 Å². The molecule has 2 aliphatic rings. The summed E-state index contributed by atoms with van der Waals surface area (Å²) in [6.45, 7) is 6.15. The number of hydrogen-bond acceptors (Lipinski definition) is 9. The number of carbonyl (C=O) groups is 2. The lowest BCUT2D eigenvalue weighted by atomic mass is 10.00. The van der Waals surface area contributed by atoms with Gasteiger partial charge >= 0.3 is 6.09 Å². The molecule has 2 heterocycles. The fourth-order valence-electron chi connectivity index (χ4n) is 6.40. The summed E-state index contributed by atoms with van der Waals surface area (Å²) in [4.78, 5) is 38.4. The van der Waals surface area contributed by atoms with Gasteiger partial charge < -0.3 is 35.1 Å². The van der Waals surface area contributed by atoms with Crippen LogP contribution in [0.2, 0.25) is 0 Å². The Labute approximate surface area is 291 Å². The van der Waals surface area contributed by atoms with Crippen LogP contribution in [0.4, 0.5) is 26.5 Å². The van der Waals surface area contributed by atoms with E-state index >= 15 is 4.39 Å². The van der Waals surface area contributed by atoms with Crippen LogP contribution in [0.15, 0.2) is 66.7 Å². The Morgan fingerprint density at radius 3 is 2.38 bits per heavy atom. The third kappa shape index (κ3) is 8.86. The van der Waals surface area contributed by atoms with Gasteiger partial charge in [-0.05, 0) is 88.5 Å². The van der Waals surface area contributed by atoms with Gasteiger partial charge in [0.05, 0.1) is 6.61 Å². The molecule has 1 aromatic heterocycles. The van der Waals surface area contributed by atoms with E-state index in [2.05, 4.69) is 37.9 Å². The van der Waals surface area contributed by atoms with Crippen molar-refractivity contribution in [3.05, 3.63) is 89.2 Å². The van der Waals surface area contributed by atoms with Crippen LogP contribution >= 0.6 is 0 Å². The lowest BCUT2D eigenvalue weighted by Gasteiger charge is -2.29. The first-order valence-electron chi connectivity index (χ1n) is 17.1. The predicted octanol–water partition coefficient (Wildman–Crippen LogP) is 7.77. The van der Waals surface area contributed by atoms with Gasteiger partial charge in [0.25, 0.3) is 5.91 Å². The molecule has 2 amide bonds. The predicted molar refractivity (Wildman–Crippen MR) is 189 cm³/mol. The van der Waals surface area contributed by atoms with Crippen LogP contribution in [0.3, 0.4) is 0 Å². The van der Waals surface area contributed by atoms with E-state index in [0.717, 1.165) is 62.7 Å². The lowest BCUT2D eigenvalue weighted by Crippen LogP contribution is -2.35. The number of ether oxygens (including phenoxy) is 3. The quantitative estimate of drug-likeness (QED) is 0.145. The molecule has 1 saturated carbocycles. The van der Waals surface area contributed by atoms with Gasteiger partial charge in [-0.15, -0.1) is 0 Å². The SMILES string of the molecule is Cc1cccc(C)c1NC(=O)c1c(OC(=O)NC2CCCC2)nc(Nc2ccc(OCC3CCCN(C)C3)c(F)c2)nc1Oc1ccccc1. The molecule has 3 N–H and O–H groups in total. The van der Waals surface area contributed by atoms with E-state index in [1.807, 2.05) is 38.1 Å². The minimum atomic E-state index is -0.759. The molecule has 3 aromatic carbocycles. The third-order valence-electron chi connectivity index (χ3n) is 9.00. The van der Waals surface area contributed by atoms with Crippen molar-refractivity contribution in [1.82, 2.24) is 20.2 Å². The molecule has 6 rings (SSSR count). The highest BCUT2D eigenvalue weighted by Crippen LogP contribution is 2.34. The molecule has 1 saturated heterocycles. The number of nitrogens with one attached hydrogen (secondary N) is 3. The maximum atomic E-state index is 15.3. The van der Waals surface area contributed by atoms with E-state index in [1.165, 1.54) is 6.07 Å². The van der Waals surface area contributed by atoms with Crippen LogP contribution in [0.25, 0.3) is 0 Å². The smallest absolute Gasteiger partial charge is 0.414 e. The number of aryl methyl sites for hydroxylation is 2. The van der Waals surface area contributed by atoms with Gasteiger partial charge in [0.1, 0.15) is 5.75 Å². The second-order valence-corrected chi connectivity index (χ2v) is 13.0. The van der Waals surface area contributed by atoms with Crippen LogP contribution in [0.5, 0.6) is 23.3 Å². The molecule has 1 atom stereocenters. The number of aromatic nitrogens is 2. The molecular weight excluding hydrogens is 639 g/mol. The average Bonchev–Trinajstić information content (AvgIpc) is 3.59. The number of anilines is 3. The number of carbonyl (C=O) groups excluding carboxylic acids is 2. The monoisotopic (exact) mass is 682 g/mol. The normalized spacial score (nSPS) is 16.4. The van der Waals surface area contributed by atoms with Crippen molar-refractivity contribution in [2.75, 3.05) is 37.4 Å². The molecule has 1 unspecified atom stereocenters. The molecule has 0 bridgehead atoms. The molecular formula is C38H43FN6O5. The van der Waals surface area contributed by atoms with Crippen molar-refractivity contribution in [3.8, 4) is 23.3 Å². The zero-order valence-electron chi connectivity index (χ0n) is 28.6. The van der Waals surface area contributed by atoms with Crippen molar-refractivity contribution in [2.45, 2.75) is 58.4 Å². The van der Waals surface area contributed by atoms with Crippen LogP contribution in [-0.4, -0.2) is 59.7 Å². The zero-order chi connectivity index (χ0) is 35.0. The molecule has 0 spiro atoms. The first-order valence-corrected chi connectivity index (χ1v) is 17.1. The Morgan fingerprint density at radius 1 is 0.920 bits per heavy atom. The Balaban J connectivity index is 1.32. The van der Waals surface area contributed by atoms with Crippen molar-refractivity contribution in [2.24, 2.45) is 5.92 Å². The van der Waals surface area contributed by atoms with E-state index in [-0.39, 0.29) is 35.1 Å². The number of likely N-dealkylation sites (tertiary alicyclic amines) is 1. The van der Waals surface area contributed by atoms with Crippen molar-refractivity contribution in [1.29, 1.82) is 0 Å². The zero-order valence-corrected chi connectivity index (χ0v) is 28.6. The lowest BCUT2D eigenvalue weighted by molar-refractivity contribution is 0.102. The van der Waals surface area contributed by atoms with E-state index in [0.29, 0.717) is 29.6 Å². The number of hydrogen-bond donors (Lipinski definition) is 3. The maximum absolute atomic E-state index is 15.3. The largest absolute Gasteiger partial charge is 0.490 e. The fourth-order valence-corrected chi connectivity index (χ4v) is 6.40. The topological polar surface area (TPSA) is 127 Å². The highest BCUT2D eigenvalue weighted by molar-refractivity contribution is 6.08.